The Hall–Kier alpha value is -0.850. The third kappa shape index (κ3) is 3.83. The zero-order valence-electron chi connectivity index (χ0n) is 8.51. The van der Waals surface area contributed by atoms with Crippen molar-refractivity contribution in [2.75, 3.05) is 0 Å². The Bertz CT molecular complexity index is 396. The Kier molecular flexibility index (Phi) is 4.35. The first kappa shape index (κ1) is 14.2. The summed E-state index contributed by atoms with van der Waals surface area (Å²) in [7, 11) is 0. The van der Waals surface area contributed by atoms with Gasteiger partial charge in [-0.15, -0.1) is 0 Å². The SMILES string of the molecule is N[C@H](C[C@@H](O)c1ccc(Cl)cc1F)C(F)(F)F. The fraction of sp³-hybridized carbons (Fsp3) is 0.400. The average Bonchev–Trinajstić information content (AvgIpc) is 2.15. The molecule has 0 heterocycles. The smallest absolute Gasteiger partial charge is 0.388 e. The van der Waals surface area contributed by atoms with Crippen LogP contribution in [0.5, 0.6) is 0 Å². The number of benzene rings is 1. The second-order valence-electron chi connectivity index (χ2n) is 3.57. The molecule has 17 heavy (non-hydrogen) atoms. The summed E-state index contributed by atoms with van der Waals surface area (Å²) < 4.78 is 49.7. The summed E-state index contributed by atoms with van der Waals surface area (Å²) in [6.45, 7) is 0. The first-order valence-corrected chi connectivity index (χ1v) is 5.05. The van der Waals surface area contributed by atoms with Crippen LogP contribution in [-0.2, 0) is 0 Å². The van der Waals surface area contributed by atoms with Gasteiger partial charge in [-0.2, -0.15) is 13.2 Å². The molecule has 1 aromatic carbocycles. The molecule has 0 aliphatic rings. The van der Waals surface area contributed by atoms with Crippen LogP contribution in [-0.4, -0.2) is 17.3 Å². The van der Waals surface area contributed by atoms with E-state index >= 15 is 0 Å². The summed E-state index contributed by atoms with van der Waals surface area (Å²) >= 11 is 5.47. The molecule has 1 rings (SSSR count). The van der Waals surface area contributed by atoms with E-state index < -0.39 is 30.6 Å². The summed E-state index contributed by atoms with van der Waals surface area (Å²) in [4.78, 5) is 0. The second-order valence-corrected chi connectivity index (χ2v) is 4.00. The molecule has 0 aromatic heterocycles. The molecule has 96 valence electrons. The highest BCUT2D eigenvalue weighted by Crippen LogP contribution is 2.28. The van der Waals surface area contributed by atoms with Crippen molar-refractivity contribution in [3.05, 3.63) is 34.6 Å². The van der Waals surface area contributed by atoms with Crippen molar-refractivity contribution in [2.24, 2.45) is 5.73 Å². The van der Waals surface area contributed by atoms with Gasteiger partial charge >= 0.3 is 6.18 Å². The van der Waals surface area contributed by atoms with Crippen LogP contribution in [0.1, 0.15) is 18.1 Å². The topological polar surface area (TPSA) is 46.2 Å². The first-order chi connectivity index (χ1) is 7.71. The van der Waals surface area contributed by atoms with Crippen LogP contribution in [0.4, 0.5) is 17.6 Å². The largest absolute Gasteiger partial charge is 0.403 e. The quantitative estimate of drug-likeness (QED) is 0.831. The molecule has 0 aliphatic carbocycles. The predicted molar refractivity (Wildman–Crippen MR) is 55.0 cm³/mol. The van der Waals surface area contributed by atoms with Crippen LogP contribution < -0.4 is 5.73 Å². The predicted octanol–water partition coefficient (Wildman–Crippen LogP) is 2.79. The maximum atomic E-state index is 13.3. The van der Waals surface area contributed by atoms with E-state index in [-0.39, 0.29) is 10.6 Å². The maximum Gasteiger partial charge on any atom is 0.403 e. The molecule has 0 unspecified atom stereocenters. The van der Waals surface area contributed by atoms with Crippen LogP contribution in [0.2, 0.25) is 5.02 Å². The zero-order valence-corrected chi connectivity index (χ0v) is 9.26. The Balaban J connectivity index is 2.80. The van der Waals surface area contributed by atoms with Gasteiger partial charge in [0, 0.05) is 17.0 Å². The lowest BCUT2D eigenvalue weighted by Crippen LogP contribution is -2.38. The van der Waals surface area contributed by atoms with Gasteiger partial charge in [-0.05, 0) is 12.1 Å². The monoisotopic (exact) mass is 271 g/mol. The van der Waals surface area contributed by atoms with Crippen LogP contribution in [0.25, 0.3) is 0 Å². The molecule has 2 atom stereocenters. The number of hydrogen-bond acceptors (Lipinski definition) is 2. The number of nitrogens with two attached hydrogens (primary N) is 1. The van der Waals surface area contributed by atoms with E-state index in [4.69, 9.17) is 17.3 Å². The molecule has 7 heteroatoms. The van der Waals surface area contributed by atoms with Gasteiger partial charge in [0.15, 0.2) is 0 Å². The standard InChI is InChI=1S/C10H10ClF4NO/c11-5-1-2-6(7(12)3-5)8(17)4-9(16)10(13,14)15/h1-3,8-9,17H,4,16H2/t8-,9-/m1/s1. The molecule has 0 bridgehead atoms. The molecule has 0 saturated carbocycles. The molecule has 0 fully saturated rings. The Morgan fingerprint density at radius 3 is 2.41 bits per heavy atom. The number of alkyl halides is 3. The summed E-state index contributed by atoms with van der Waals surface area (Å²) in [6.07, 6.45) is -7.05. The van der Waals surface area contributed by atoms with Crippen molar-refractivity contribution in [2.45, 2.75) is 24.7 Å². The molecule has 0 amide bonds. The van der Waals surface area contributed by atoms with Gasteiger partial charge < -0.3 is 10.8 Å². The molecule has 0 saturated heterocycles. The molecule has 2 nitrogen and oxygen atoms in total. The minimum absolute atomic E-state index is 0.0959. The lowest BCUT2D eigenvalue weighted by atomic mass is 10.0. The van der Waals surface area contributed by atoms with Crippen molar-refractivity contribution in [3.63, 3.8) is 0 Å². The van der Waals surface area contributed by atoms with Gasteiger partial charge in [-0.25, -0.2) is 4.39 Å². The normalized spacial score (nSPS) is 15.7. The number of aliphatic hydroxyl groups is 1. The summed E-state index contributed by atoms with van der Waals surface area (Å²) in [5, 5.41) is 9.56. The van der Waals surface area contributed by atoms with Gasteiger partial charge in [0.25, 0.3) is 0 Å². The molecule has 0 aliphatic heterocycles. The summed E-state index contributed by atoms with van der Waals surface area (Å²) in [5.41, 5.74) is 4.58. The number of hydrogen-bond donors (Lipinski definition) is 2. The van der Waals surface area contributed by atoms with E-state index in [0.29, 0.717) is 0 Å². The lowest BCUT2D eigenvalue weighted by molar-refractivity contribution is -0.154. The van der Waals surface area contributed by atoms with Crippen molar-refractivity contribution in [1.29, 1.82) is 0 Å². The number of aliphatic hydroxyl groups excluding tert-OH is 1. The van der Waals surface area contributed by atoms with E-state index in [0.717, 1.165) is 12.1 Å². The maximum absolute atomic E-state index is 13.3. The summed E-state index contributed by atoms with van der Waals surface area (Å²) in [6, 6.07) is 1.13. The van der Waals surface area contributed by atoms with Gasteiger partial charge in [0.1, 0.15) is 11.9 Å². The lowest BCUT2D eigenvalue weighted by Gasteiger charge is -2.19. The minimum Gasteiger partial charge on any atom is -0.388 e. The molecule has 3 N–H and O–H groups in total. The Morgan fingerprint density at radius 2 is 1.94 bits per heavy atom. The number of halogens is 5. The van der Waals surface area contributed by atoms with Gasteiger partial charge in [-0.1, -0.05) is 17.7 Å². The van der Waals surface area contributed by atoms with Crippen molar-refractivity contribution in [3.8, 4) is 0 Å². The molecule has 0 radical (unpaired) electrons. The zero-order chi connectivity index (χ0) is 13.2. The third-order valence-electron chi connectivity index (χ3n) is 2.22. The minimum atomic E-state index is -4.62. The van der Waals surface area contributed by atoms with E-state index in [9.17, 15) is 22.7 Å². The number of rotatable bonds is 3. The Labute approximate surface area is 100.0 Å². The van der Waals surface area contributed by atoms with E-state index in [1.165, 1.54) is 6.07 Å². The highest BCUT2D eigenvalue weighted by Gasteiger charge is 2.38. The van der Waals surface area contributed by atoms with Gasteiger partial charge in [0.05, 0.1) is 6.10 Å². The molecule has 1 aromatic rings. The molecular weight excluding hydrogens is 262 g/mol. The van der Waals surface area contributed by atoms with Crippen LogP contribution >= 0.6 is 11.6 Å². The van der Waals surface area contributed by atoms with E-state index in [2.05, 4.69) is 0 Å². The highest BCUT2D eigenvalue weighted by molar-refractivity contribution is 6.30. The van der Waals surface area contributed by atoms with Crippen LogP contribution in [0, 0.1) is 5.82 Å². The van der Waals surface area contributed by atoms with E-state index in [1.54, 1.807) is 0 Å². The van der Waals surface area contributed by atoms with Gasteiger partial charge in [0.2, 0.25) is 0 Å². The van der Waals surface area contributed by atoms with Crippen LogP contribution in [0.15, 0.2) is 18.2 Å². The fourth-order valence-electron chi connectivity index (χ4n) is 1.27. The average molecular weight is 272 g/mol. The van der Waals surface area contributed by atoms with E-state index in [1.807, 2.05) is 0 Å². The third-order valence-corrected chi connectivity index (χ3v) is 2.45. The Morgan fingerprint density at radius 1 is 1.35 bits per heavy atom. The van der Waals surface area contributed by atoms with Crippen molar-refractivity contribution in [1.82, 2.24) is 0 Å². The molecular formula is C10H10ClF4NO. The molecule has 0 spiro atoms. The highest BCUT2D eigenvalue weighted by atomic mass is 35.5. The second kappa shape index (κ2) is 5.20. The fourth-order valence-corrected chi connectivity index (χ4v) is 1.43. The van der Waals surface area contributed by atoms with Crippen LogP contribution in [0.3, 0.4) is 0 Å². The van der Waals surface area contributed by atoms with Crippen molar-refractivity contribution < 1.29 is 22.7 Å². The van der Waals surface area contributed by atoms with Crippen molar-refractivity contribution >= 4 is 11.6 Å². The van der Waals surface area contributed by atoms with Gasteiger partial charge in [-0.3, -0.25) is 0 Å². The first-order valence-electron chi connectivity index (χ1n) is 4.67. The summed E-state index contributed by atoms with van der Waals surface area (Å²) in [5.74, 6) is -0.862.